The second-order valence-corrected chi connectivity index (χ2v) is 6.35. The molecule has 1 aliphatic carbocycles. The molecule has 0 bridgehead atoms. The first-order valence-electron chi connectivity index (χ1n) is 7.88. The first-order valence-corrected chi connectivity index (χ1v) is 7.88. The Hall–Kier alpha value is -1.79. The topological polar surface area (TPSA) is 79.0 Å². The smallest absolute Gasteiger partial charge is 0.409 e. The third kappa shape index (κ3) is 3.69. The maximum absolute atomic E-state index is 12.6. The first kappa shape index (κ1) is 16.6. The summed E-state index contributed by atoms with van der Waals surface area (Å²) in [5.41, 5.74) is -1.07. The Morgan fingerprint density at radius 2 is 1.64 bits per heavy atom. The molecule has 1 heterocycles. The average Bonchev–Trinajstić information content (AvgIpc) is 3.30. The van der Waals surface area contributed by atoms with Gasteiger partial charge in [-0.1, -0.05) is 0 Å². The molecule has 0 aromatic rings. The fraction of sp³-hybridized carbons (Fsp3) is 0.800. The SMILES string of the molecule is CCOC(=O)N1CCN(C(=O)C(C)(C)C(=O)NC2CC2)CC1. The molecule has 0 aromatic heterocycles. The van der Waals surface area contributed by atoms with E-state index < -0.39 is 5.41 Å². The fourth-order valence-electron chi connectivity index (χ4n) is 2.39. The van der Waals surface area contributed by atoms with Crippen molar-refractivity contribution in [3.05, 3.63) is 0 Å². The van der Waals surface area contributed by atoms with E-state index >= 15 is 0 Å². The van der Waals surface area contributed by atoms with E-state index in [1.54, 1.807) is 30.6 Å². The van der Waals surface area contributed by atoms with Crippen LogP contribution in [0.1, 0.15) is 33.6 Å². The summed E-state index contributed by atoms with van der Waals surface area (Å²) >= 11 is 0. The maximum atomic E-state index is 12.6. The van der Waals surface area contributed by atoms with Crippen LogP contribution in [0.15, 0.2) is 0 Å². The van der Waals surface area contributed by atoms with Gasteiger partial charge in [0.1, 0.15) is 5.41 Å². The van der Waals surface area contributed by atoms with E-state index in [0.29, 0.717) is 32.8 Å². The van der Waals surface area contributed by atoms with Gasteiger partial charge in [-0.2, -0.15) is 0 Å². The molecule has 124 valence electrons. The van der Waals surface area contributed by atoms with Crippen molar-refractivity contribution in [2.24, 2.45) is 5.41 Å². The number of piperazine rings is 1. The number of nitrogens with one attached hydrogen (secondary N) is 1. The standard InChI is InChI=1S/C15H25N3O4/c1-4-22-14(21)18-9-7-17(8-10-18)13(20)15(2,3)12(19)16-11-5-6-11/h11H,4-10H2,1-3H3,(H,16,19). The van der Waals surface area contributed by atoms with E-state index in [4.69, 9.17) is 4.74 Å². The Labute approximate surface area is 131 Å². The summed E-state index contributed by atoms with van der Waals surface area (Å²) in [4.78, 5) is 39.7. The molecule has 1 saturated heterocycles. The van der Waals surface area contributed by atoms with Gasteiger partial charge in [0.15, 0.2) is 0 Å². The number of rotatable bonds is 4. The number of carbonyl (C=O) groups is 3. The van der Waals surface area contributed by atoms with E-state index in [9.17, 15) is 14.4 Å². The summed E-state index contributed by atoms with van der Waals surface area (Å²) < 4.78 is 4.95. The van der Waals surface area contributed by atoms with Gasteiger partial charge in [0.2, 0.25) is 11.8 Å². The molecule has 1 N–H and O–H groups in total. The molecule has 0 aromatic carbocycles. The molecule has 2 aliphatic rings. The van der Waals surface area contributed by atoms with Gasteiger partial charge in [-0.25, -0.2) is 4.79 Å². The number of nitrogens with zero attached hydrogens (tertiary/aromatic N) is 2. The largest absolute Gasteiger partial charge is 0.450 e. The summed E-state index contributed by atoms with van der Waals surface area (Å²) in [5, 5.41) is 2.89. The van der Waals surface area contributed by atoms with Crippen LogP contribution in [0.25, 0.3) is 0 Å². The molecule has 0 spiro atoms. The third-order valence-electron chi connectivity index (χ3n) is 4.11. The lowest BCUT2D eigenvalue weighted by molar-refractivity contribution is -0.149. The van der Waals surface area contributed by atoms with Gasteiger partial charge in [-0.15, -0.1) is 0 Å². The third-order valence-corrected chi connectivity index (χ3v) is 4.11. The molecule has 1 saturated carbocycles. The van der Waals surface area contributed by atoms with Gasteiger partial charge < -0.3 is 19.9 Å². The van der Waals surface area contributed by atoms with E-state index in [2.05, 4.69) is 5.32 Å². The molecular formula is C15H25N3O4. The highest BCUT2D eigenvalue weighted by Gasteiger charge is 2.42. The van der Waals surface area contributed by atoms with Crippen LogP contribution in [0, 0.1) is 5.41 Å². The van der Waals surface area contributed by atoms with Crippen molar-refractivity contribution in [1.82, 2.24) is 15.1 Å². The lowest BCUT2D eigenvalue weighted by Crippen LogP contribution is -2.56. The van der Waals surface area contributed by atoms with Crippen molar-refractivity contribution in [2.45, 2.75) is 39.7 Å². The summed E-state index contributed by atoms with van der Waals surface area (Å²) in [7, 11) is 0. The van der Waals surface area contributed by atoms with Crippen LogP contribution in [0.2, 0.25) is 0 Å². The molecule has 2 rings (SSSR count). The van der Waals surface area contributed by atoms with Crippen LogP contribution in [0.4, 0.5) is 4.79 Å². The van der Waals surface area contributed by atoms with Crippen molar-refractivity contribution in [3.8, 4) is 0 Å². The van der Waals surface area contributed by atoms with Crippen molar-refractivity contribution in [3.63, 3.8) is 0 Å². The predicted molar refractivity (Wildman–Crippen MR) is 80.1 cm³/mol. The van der Waals surface area contributed by atoms with Crippen molar-refractivity contribution in [2.75, 3.05) is 32.8 Å². The zero-order chi connectivity index (χ0) is 16.3. The average molecular weight is 311 g/mol. The van der Waals surface area contributed by atoms with Crippen LogP contribution < -0.4 is 5.32 Å². The van der Waals surface area contributed by atoms with Crippen LogP contribution in [-0.2, 0) is 14.3 Å². The second-order valence-electron chi connectivity index (χ2n) is 6.35. The van der Waals surface area contributed by atoms with Crippen LogP contribution in [-0.4, -0.2) is 66.5 Å². The minimum atomic E-state index is -1.07. The van der Waals surface area contributed by atoms with Gasteiger partial charge in [0.05, 0.1) is 6.61 Å². The Balaban J connectivity index is 1.88. The number of ether oxygens (including phenoxy) is 1. The molecule has 0 radical (unpaired) electrons. The molecule has 22 heavy (non-hydrogen) atoms. The minimum Gasteiger partial charge on any atom is -0.450 e. The molecule has 1 aliphatic heterocycles. The van der Waals surface area contributed by atoms with Crippen molar-refractivity contribution in [1.29, 1.82) is 0 Å². The quantitative estimate of drug-likeness (QED) is 0.771. The van der Waals surface area contributed by atoms with Crippen LogP contribution >= 0.6 is 0 Å². The monoisotopic (exact) mass is 311 g/mol. The minimum absolute atomic E-state index is 0.186. The van der Waals surface area contributed by atoms with Gasteiger partial charge in [-0.3, -0.25) is 9.59 Å². The highest BCUT2D eigenvalue weighted by Crippen LogP contribution is 2.25. The highest BCUT2D eigenvalue weighted by molar-refractivity contribution is 6.04. The zero-order valence-corrected chi connectivity index (χ0v) is 13.6. The lowest BCUT2D eigenvalue weighted by Gasteiger charge is -2.37. The molecule has 2 fully saturated rings. The highest BCUT2D eigenvalue weighted by atomic mass is 16.6. The van der Waals surface area contributed by atoms with Gasteiger partial charge in [0.25, 0.3) is 0 Å². The Kier molecular flexibility index (Phi) is 4.93. The van der Waals surface area contributed by atoms with Gasteiger partial charge >= 0.3 is 6.09 Å². The van der Waals surface area contributed by atoms with Crippen molar-refractivity contribution >= 4 is 17.9 Å². The Morgan fingerprint density at radius 1 is 1.09 bits per heavy atom. The molecule has 7 heteroatoms. The number of hydrogen-bond donors (Lipinski definition) is 1. The fourth-order valence-corrected chi connectivity index (χ4v) is 2.39. The summed E-state index contributed by atoms with van der Waals surface area (Å²) in [6, 6.07) is 0.236. The molecule has 0 unspecified atom stereocenters. The lowest BCUT2D eigenvalue weighted by atomic mass is 9.90. The number of amides is 3. The van der Waals surface area contributed by atoms with Crippen LogP contribution in [0.5, 0.6) is 0 Å². The first-order chi connectivity index (χ1) is 10.4. The van der Waals surface area contributed by atoms with Crippen LogP contribution in [0.3, 0.4) is 0 Å². The molecular weight excluding hydrogens is 286 g/mol. The van der Waals surface area contributed by atoms with Gasteiger partial charge in [0, 0.05) is 32.2 Å². The normalized spacial score (nSPS) is 18.9. The maximum Gasteiger partial charge on any atom is 0.409 e. The van der Waals surface area contributed by atoms with E-state index in [1.165, 1.54) is 0 Å². The van der Waals surface area contributed by atoms with E-state index in [-0.39, 0.29) is 23.9 Å². The second kappa shape index (κ2) is 6.54. The van der Waals surface area contributed by atoms with E-state index in [0.717, 1.165) is 12.8 Å². The number of carbonyl (C=O) groups excluding carboxylic acids is 3. The summed E-state index contributed by atoms with van der Waals surface area (Å²) in [5.74, 6) is -0.401. The molecule has 0 atom stereocenters. The summed E-state index contributed by atoms with van der Waals surface area (Å²) in [6.07, 6.45) is 1.64. The Bertz CT molecular complexity index is 452. The predicted octanol–water partition coefficient (Wildman–Crippen LogP) is 0.592. The molecule has 7 nitrogen and oxygen atoms in total. The van der Waals surface area contributed by atoms with Crippen molar-refractivity contribution < 1.29 is 19.1 Å². The Morgan fingerprint density at radius 3 is 2.14 bits per heavy atom. The number of hydrogen-bond acceptors (Lipinski definition) is 4. The summed E-state index contributed by atoms with van der Waals surface area (Å²) in [6.45, 7) is 7.14. The molecule has 3 amide bonds. The van der Waals surface area contributed by atoms with Gasteiger partial charge in [-0.05, 0) is 33.6 Å². The zero-order valence-electron chi connectivity index (χ0n) is 13.6. The van der Waals surface area contributed by atoms with E-state index in [1.807, 2.05) is 0 Å².